The molecule has 0 amide bonds. The minimum atomic E-state index is 0.955. The molecule has 4 aromatic carbocycles. The first kappa shape index (κ1) is 21.5. The van der Waals surface area contributed by atoms with Crippen LogP contribution in [0.25, 0.3) is 88.6 Å². The lowest BCUT2D eigenvalue weighted by Crippen LogP contribution is -1.80. The minimum Gasteiger partial charge on any atom is -0.355 e. The Morgan fingerprint density at radius 1 is 0.325 bits per heavy atom. The van der Waals surface area contributed by atoms with Crippen molar-refractivity contribution in [3.8, 4) is 45.0 Å². The normalized spacial score (nSPS) is 12.0. The van der Waals surface area contributed by atoms with Gasteiger partial charge >= 0.3 is 0 Å². The van der Waals surface area contributed by atoms with Crippen LogP contribution < -0.4 is 0 Å². The number of fused-ring (bicyclic) bond motifs is 16. The van der Waals surface area contributed by atoms with Crippen molar-refractivity contribution in [1.29, 1.82) is 0 Å². The van der Waals surface area contributed by atoms with E-state index in [1.54, 1.807) is 0 Å². The SMILES string of the molecule is c1ccc2cc3c(cc2c1)-c1cc2ccc(cc4nc(cc5ccc(cc-3n1)[nH]5)-c1cc3ccccc3cc1-4)[nH]2. The third kappa shape index (κ3) is 3.33. The van der Waals surface area contributed by atoms with Gasteiger partial charge in [-0.3, -0.25) is 0 Å². The maximum atomic E-state index is 5.11. The average molecular weight is 511 g/mol. The number of nitrogens with zero attached hydrogens (tertiary/aromatic N) is 2. The molecule has 0 unspecified atom stereocenters. The molecule has 4 heteroatoms. The van der Waals surface area contributed by atoms with Crippen LogP contribution in [0.15, 0.2) is 121 Å². The van der Waals surface area contributed by atoms with Gasteiger partial charge in [0.1, 0.15) is 0 Å². The molecule has 0 saturated carbocycles. The van der Waals surface area contributed by atoms with Crippen LogP contribution in [0, 0.1) is 0 Å². The van der Waals surface area contributed by atoms with Gasteiger partial charge in [0.25, 0.3) is 0 Å². The summed E-state index contributed by atoms with van der Waals surface area (Å²) in [5.41, 5.74) is 12.4. The van der Waals surface area contributed by atoms with E-state index < -0.39 is 0 Å². The van der Waals surface area contributed by atoms with Crippen LogP contribution >= 0.6 is 0 Å². The zero-order valence-corrected chi connectivity index (χ0v) is 21.4. The van der Waals surface area contributed by atoms with E-state index in [0.717, 1.165) is 67.1 Å². The number of hydrogen-bond acceptors (Lipinski definition) is 2. The van der Waals surface area contributed by atoms with Gasteiger partial charge in [-0.2, -0.15) is 0 Å². The molecular weight excluding hydrogens is 488 g/mol. The summed E-state index contributed by atoms with van der Waals surface area (Å²) in [6.45, 7) is 0. The monoisotopic (exact) mass is 510 g/mol. The molecule has 8 bridgehead atoms. The minimum absolute atomic E-state index is 0.955. The van der Waals surface area contributed by atoms with Crippen LogP contribution in [-0.2, 0) is 0 Å². The van der Waals surface area contributed by atoms with Crippen molar-refractivity contribution in [3.63, 3.8) is 0 Å². The molecule has 7 aromatic rings. The van der Waals surface area contributed by atoms with Crippen LogP contribution in [0.1, 0.15) is 0 Å². The molecule has 40 heavy (non-hydrogen) atoms. The Bertz CT molecular complexity index is 2020. The number of rotatable bonds is 0. The van der Waals surface area contributed by atoms with Crippen molar-refractivity contribution in [3.05, 3.63) is 121 Å². The Hall–Kier alpha value is -5.48. The van der Waals surface area contributed by atoms with Gasteiger partial charge in [-0.25, -0.2) is 9.97 Å². The molecule has 0 fully saturated rings. The molecule has 2 aliphatic rings. The van der Waals surface area contributed by atoms with Gasteiger partial charge in [-0.15, -0.1) is 0 Å². The van der Waals surface area contributed by atoms with Crippen LogP contribution in [0.2, 0.25) is 0 Å². The second kappa shape index (κ2) is 8.01. The zero-order valence-electron chi connectivity index (χ0n) is 21.4. The molecule has 0 aliphatic carbocycles. The molecule has 5 heterocycles. The fourth-order valence-electron chi connectivity index (χ4n) is 6.05. The largest absolute Gasteiger partial charge is 0.355 e. The van der Waals surface area contributed by atoms with E-state index in [1.807, 2.05) is 0 Å². The summed E-state index contributed by atoms with van der Waals surface area (Å²) in [4.78, 5) is 17.4. The Morgan fingerprint density at radius 3 is 0.875 bits per heavy atom. The third-order valence-corrected chi connectivity index (χ3v) is 7.99. The third-order valence-electron chi connectivity index (χ3n) is 7.99. The highest BCUT2D eigenvalue weighted by molar-refractivity contribution is 5.99. The number of hydrogen-bond donors (Lipinski definition) is 2. The van der Waals surface area contributed by atoms with Crippen molar-refractivity contribution in [2.75, 3.05) is 0 Å². The van der Waals surface area contributed by atoms with E-state index in [-0.39, 0.29) is 0 Å². The molecule has 9 rings (SSSR count). The average Bonchev–Trinajstić information content (AvgIpc) is 3.75. The zero-order chi connectivity index (χ0) is 26.2. The van der Waals surface area contributed by atoms with Crippen molar-refractivity contribution in [2.45, 2.75) is 0 Å². The first-order valence-corrected chi connectivity index (χ1v) is 13.5. The summed E-state index contributed by atoms with van der Waals surface area (Å²) < 4.78 is 0. The summed E-state index contributed by atoms with van der Waals surface area (Å²) in [5, 5.41) is 4.85. The molecule has 0 saturated heterocycles. The highest BCUT2D eigenvalue weighted by atomic mass is 14.8. The molecule has 0 atom stereocenters. The Kier molecular flexibility index (Phi) is 4.30. The molecular formula is C36H22N4. The highest BCUT2D eigenvalue weighted by Gasteiger charge is 2.19. The van der Waals surface area contributed by atoms with Gasteiger partial charge in [0.15, 0.2) is 0 Å². The fraction of sp³-hybridized carbons (Fsp3) is 0. The smallest absolute Gasteiger partial charge is 0.0737 e. The number of aromatic amines is 2. The second-order valence-corrected chi connectivity index (χ2v) is 10.6. The fourth-order valence-corrected chi connectivity index (χ4v) is 6.05. The molecule has 4 nitrogen and oxygen atoms in total. The van der Waals surface area contributed by atoms with Crippen molar-refractivity contribution in [1.82, 2.24) is 19.9 Å². The second-order valence-electron chi connectivity index (χ2n) is 10.6. The van der Waals surface area contributed by atoms with Crippen LogP contribution in [0.5, 0.6) is 0 Å². The molecule has 2 aliphatic heterocycles. The van der Waals surface area contributed by atoms with Crippen LogP contribution in [0.4, 0.5) is 0 Å². The Morgan fingerprint density at radius 2 is 0.600 bits per heavy atom. The summed E-state index contributed by atoms with van der Waals surface area (Å²) in [5.74, 6) is 0. The summed E-state index contributed by atoms with van der Waals surface area (Å²) in [6.07, 6.45) is 0. The van der Waals surface area contributed by atoms with Crippen LogP contribution in [0.3, 0.4) is 0 Å². The van der Waals surface area contributed by atoms with Gasteiger partial charge in [-0.05, 0) is 94.3 Å². The number of nitrogens with one attached hydrogen (secondary N) is 2. The van der Waals surface area contributed by atoms with E-state index in [4.69, 9.17) is 9.97 Å². The molecule has 0 radical (unpaired) electrons. The quantitative estimate of drug-likeness (QED) is 0.214. The van der Waals surface area contributed by atoms with E-state index >= 15 is 0 Å². The summed E-state index contributed by atoms with van der Waals surface area (Å²) >= 11 is 0. The molecule has 3 aromatic heterocycles. The lowest BCUT2D eigenvalue weighted by Gasteiger charge is -2.04. The number of H-pyrrole nitrogens is 2. The number of aromatic nitrogens is 4. The van der Waals surface area contributed by atoms with Gasteiger partial charge in [0, 0.05) is 44.3 Å². The van der Waals surface area contributed by atoms with Gasteiger partial charge < -0.3 is 9.97 Å². The van der Waals surface area contributed by atoms with Gasteiger partial charge in [0.2, 0.25) is 0 Å². The predicted octanol–water partition coefficient (Wildman–Crippen LogP) is 9.29. The lowest BCUT2D eigenvalue weighted by atomic mass is 9.99. The Balaban J connectivity index is 1.36. The maximum Gasteiger partial charge on any atom is 0.0737 e. The first-order valence-electron chi connectivity index (χ1n) is 13.5. The van der Waals surface area contributed by atoms with Crippen LogP contribution in [-0.4, -0.2) is 19.9 Å². The van der Waals surface area contributed by atoms with Crippen molar-refractivity contribution >= 4 is 43.6 Å². The lowest BCUT2D eigenvalue weighted by molar-refractivity contribution is 1.40. The van der Waals surface area contributed by atoms with E-state index in [1.165, 1.54) is 21.5 Å². The standard InChI is InChI=1S/C36H22N4/c1-2-6-22-14-30-29(13-21(22)5-1)33-17-25-9-10-27(37-25)19-35-31-15-23-7-3-4-8-24(23)16-32(31)36(40-35)20-28-12-11-26(38-28)18-34(30)39-33/h1-20,37-38H. The first-order chi connectivity index (χ1) is 19.7. The molecule has 2 N–H and O–H groups in total. The topological polar surface area (TPSA) is 57.4 Å². The maximum absolute atomic E-state index is 5.11. The summed E-state index contributed by atoms with van der Waals surface area (Å²) in [7, 11) is 0. The van der Waals surface area contributed by atoms with Crippen molar-refractivity contribution in [2.24, 2.45) is 0 Å². The van der Waals surface area contributed by atoms with E-state index in [0.29, 0.717) is 0 Å². The summed E-state index contributed by atoms with van der Waals surface area (Å²) in [6, 6.07) is 43.0. The molecule has 186 valence electrons. The predicted molar refractivity (Wildman–Crippen MR) is 165 cm³/mol. The van der Waals surface area contributed by atoms with E-state index in [9.17, 15) is 0 Å². The van der Waals surface area contributed by atoms with Gasteiger partial charge in [-0.1, -0.05) is 48.5 Å². The van der Waals surface area contributed by atoms with Crippen molar-refractivity contribution < 1.29 is 0 Å². The van der Waals surface area contributed by atoms with E-state index in [2.05, 4.69) is 131 Å². The number of benzene rings is 4. The Labute approximate surface area is 229 Å². The van der Waals surface area contributed by atoms with Gasteiger partial charge in [0.05, 0.1) is 22.8 Å². The molecule has 0 spiro atoms. The highest BCUT2D eigenvalue weighted by Crippen LogP contribution is 2.40.